The second-order valence-electron chi connectivity index (χ2n) is 3.58. The van der Waals surface area contributed by atoms with Crippen LogP contribution < -0.4 is 13.7 Å². The van der Waals surface area contributed by atoms with Gasteiger partial charge in [-0.1, -0.05) is 0 Å². The Morgan fingerprint density at radius 1 is 0.842 bits per heavy atom. The number of benzene rings is 2. The molecule has 0 fully saturated rings. The van der Waals surface area contributed by atoms with Crippen LogP contribution in [0, 0.1) is 0 Å². The third kappa shape index (κ3) is 4.78. The molecule has 1 nitrogen and oxygen atoms in total. The number of ether oxygens (including phenoxy) is 1. The van der Waals surface area contributed by atoms with Crippen LogP contribution in [0.4, 0.5) is 13.2 Å². The molecule has 0 heterocycles. The van der Waals surface area contributed by atoms with Gasteiger partial charge in [0.2, 0.25) is 0 Å². The van der Waals surface area contributed by atoms with Crippen LogP contribution in [0.2, 0.25) is 5.02 Å². The zero-order chi connectivity index (χ0) is 13.9. The summed E-state index contributed by atoms with van der Waals surface area (Å²) in [6.45, 7) is 0. The van der Waals surface area contributed by atoms with Crippen LogP contribution >= 0.6 is 11.6 Å². The summed E-state index contributed by atoms with van der Waals surface area (Å²) < 4.78 is 41.9. The summed E-state index contributed by atoms with van der Waals surface area (Å²) in [6, 6.07) is 13.3. The van der Waals surface area contributed by atoms with E-state index < -0.39 is 6.36 Å². The van der Waals surface area contributed by atoms with Gasteiger partial charge < -0.3 is 0 Å². The van der Waals surface area contributed by atoms with Gasteiger partial charge in [0.15, 0.2) is 0 Å². The SMILES string of the molecule is FC(F)(F)Oc1ccc([Se]c2ccc(Cl)cc2)cc1. The van der Waals surface area contributed by atoms with Crippen LogP contribution in [0.1, 0.15) is 0 Å². The summed E-state index contributed by atoms with van der Waals surface area (Å²) in [6.07, 6.45) is -4.65. The Labute approximate surface area is 119 Å². The van der Waals surface area contributed by atoms with Gasteiger partial charge >= 0.3 is 119 Å². The molecule has 0 aromatic heterocycles. The molecular weight excluding hydrogens is 344 g/mol. The number of halogens is 4. The molecule has 100 valence electrons. The Kier molecular flexibility index (Phi) is 4.40. The van der Waals surface area contributed by atoms with Crippen LogP contribution in [-0.4, -0.2) is 21.3 Å². The van der Waals surface area contributed by atoms with E-state index in [1.807, 2.05) is 12.1 Å². The molecule has 2 aromatic rings. The van der Waals surface area contributed by atoms with E-state index >= 15 is 0 Å². The average molecular weight is 352 g/mol. The molecule has 0 aliphatic rings. The van der Waals surface area contributed by atoms with E-state index in [-0.39, 0.29) is 20.7 Å². The van der Waals surface area contributed by atoms with Crippen LogP contribution in [0.15, 0.2) is 48.5 Å². The van der Waals surface area contributed by atoms with Crippen molar-refractivity contribution in [1.82, 2.24) is 0 Å². The minimum absolute atomic E-state index is 0.0291. The maximum absolute atomic E-state index is 12.0. The quantitative estimate of drug-likeness (QED) is 0.773. The van der Waals surface area contributed by atoms with E-state index in [1.165, 1.54) is 12.1 Å². The van der Waals surface area contributed by atoms with Crippen molar-refractivity contribution < 1.29 is 17.9 Å². The fourth-order valence-corrected chi connectivity index (χ4v) is 3.19. The maximum atomic E-state index is 12.0. The van der Waals surface area contributed by atoms with Gasteiger partial charge in [-0.05, 0) is 0 Å². The zero-order valence-electron chi connectivity index (χ0n) is 9.45. The van der Waals surface area contributed by atoms with E-state index in [4.69, 9.17) is 11.6 Å². The van der Waals surface area contributed by atoms with E-state index in [1.54, 1.807) is 24.3 Å². The fraction of sp³-hybridized carbons (Fsp3) is 0.0769. The second-order valence-corrected chi connectivity index (χ2v) is 6.42. The molecule has 0 bridgehead atoms. The molecule has 0 saturated heterocycles. The van der Waals surface area contributed by atoms with Crippen LogP contribution in [0.25, 0.3) is 0 Å². The van der Waals surface area contributed by atoms with Crippen LogP contribution in [0.3, 0.4) is 0 Å². The Balaban J connectivity index is 2.04. The first-order chi connectivity index (χ1) is 8.92. The Hall–Kier alpha value is -1.16. The summed E-state index contributed by atoms with van der Waals surface area (Å²) in [5, 5.41) is 0.661. The Morgan fingerprint density at radius 3 is 1.79 bits per heavy atom. The van der Waals surface area contributed by atoms with Crippen LogP contribution in [0.5, 0.6) is 5.75 Å². The topological polar surface area (TPSA) is 9.23 Å². The van der Waals surface area contributed by atoms with E-state index in [2.05, 4.69) is 4.74 Å². The van der Waals surface area contributed by atoms with Gasteiger partial charge in [-0.15, -0.1) is 0 Å². The first-order valence-electron chi connectivity index (χ1n) is 5.22. The van der Waals surface area contributed by atoms with Crippen molar-refractivity contribution >= 4 is 35.5 Å². The molecule has 0 spiro atoms. The summed E-state index contributed by atoms with van der Waals surface area (Å²) >= 11 is 5.81. The van der Waals surface area contributed by atoms with E-state index in [0.29, 0.717) is 5.02 Å². The fourth-order valence-electron chi connectivity index (χ4n) is 1.35. The van der Waals surface area contributed by atoms with Crippen molar-refractivity contribution in [3.05, 3.63) is 53.6 Å². The third-order valence-corrected chi connectivity index (χ3v) is 4.49. The van der Waals surface area contributed by atoms with Gasteiger partial charge in [-0.3, -0.25) is 0 Å². The molecule has 0 aliphatic heterocycles. The van der Waals surface area contributed by atoms with Crippen molar-refractivity contribution in [3.8, 4) is 5.75 Å². The molecule has 2 aromatic carbocycles. The van der Waals surface area contributed by atoms with Crippen molar-refractivity contribution in [2.24, 2.45) is 0 Å². The first-order valence-corrected chi connectivity index (χ1v) is 7.31. The number of hydrogen-bond acceptors (Lipinski definition) is 1. The van der Waals surface area contributed by atoms with Gasteiger partial charge in [0.05, 0.1) is 0 Å². The molecule has 2 rings (SSSR count). The van der Waals surface area contributed by atoms with Crippen molar-refractivity contribution in [2.45, 2.75) is 6.36 Å². The van der Waals surface area contributed by atoms with Gasteiger partial charge in [-0.25, -0.2) is 0 Å². The van der Waals surface area contributed by atoms with E-state index in [9.17, 15) is 13.2 Å². The molecule has 0 atom stereocenters. The standard InChI is InChI=1S/C13H8ClF3OSe/c14-9-1-5-11(6-2-9)19-12-7-3-10(4-8-12)18-13(15,16)17/h1-8H. The van der Waals surface area contributed by atoms with Gasteiger partial charge in [-0.2, -0.15) is 0 Å². The molecular formula is C13H8ClF3OSe. The number of rotatable bonds is 3. The summed E-state index contributed by atoms with van der Waals surface area (Å²) in [5.41, 5.74) is 0. The predicted molar refractivity (Wildman–Crippen MR) is 69.6 cm³/mol. The number of alkyl halides is 3. The molecule has 0 N–H and O–H groups in total. The Morgan fingerprint density at radius 2 is 1.32 bits per heavy atom. The zero-order valence-corrected chi connectivity index (χ0v) is 11.9. The third-order valence-electron chi connectivity index (χ3n) is 2.11. The van der Waals surface area contributed by atoms with Crippen molar-refractivity contribution in [1.29, 1.82) is 0 Å². The van der Waals surface area contributed by atoms with Crippen LogP contribution in [-0.2, 0) is 0 Å². The van der Waals surface area contributed by atoms with Gasteiger partial charge in [0.1, 0.15) is 0 Å². The molecule has 6 heteroatoms. The van der Waals surface area contributed by atoms with Crippen molar-refractivity contribution in [3.63, 3.8) is 0 Å². The van der Waals surface area contributed by atoms with Crippen molar-refractivity contribution in [2.75, 3.05) is 0 Å². The minimum atomic E-state index is -4.65. The normalized spacial score (nSPS) is 11.4. The van der Waals surface area contributed by atoms with E-state index in [0.717, 1.165) is 8.92 Å². The second kappa shape index (κ2) is 5.86. The molecule has 19 heavy (non-hydrogen) atoms. The molecule has 0 amide bonds. The average Bonchev–Trinajstić information content (AvgIpc) is 2.33. The molecule has 0 radical (unpaired) electrons. The predicted octanol–water partition coefficient (Wildman–Crippen LogP) is 2.89. The Bertz CT molecular complexity index is 537. The summed E-state index contributed by atoms with van der Waals surface area (Å²) in [5.74, 6) is -0.205. The molecule has 0 unspecified atom stereocenters. The monoisotopic (exact) mass is 352 g/mol. The number of hydrogen-bond donors (Lipinski definition) is 0. The molecule has 0 saturated carbocycles. The summed E-state index contributed by atoms with van der Waals surface area (Å²) in [7, 11) is 0. The van der Waals surface area contributed by atoms with Gasteiger partial charge in [0, 0.05) is 0 Å². The van der Waals surface area contributed by atoms with Gasteiger partial charge in [0.25, 0.3) is 0 Å². The first kappa shape index (κ1) is 14.3. The summed E-state index contributed by atoms with van der Waals surface area (Å²) in [4.78, 5) is 0. The molecule has 0 aliphatic carbocycles.